The highest BCUT2D eigenvalue weighted by atomic mass is 16.4. The molecule has 28 heavy (non-hydrogen) atoms. The predicted octanol–water partition coefficient (Wildman–Crippen LogP) is -2.55. The van der Waals surface area contributed by atoms with Gasteiger partial charge in [0.2, 0.25) is 0 Å². The minimum atomic E-state index is -1.64. The van der Waals surface area contributed by atoms with Crippen LogP contribution in [0, 0.1) is 13.8 Å². The first-order valence-electron chi connectivity index (χ1n) is 8.29. The third kappa shape index (κ3) is 3.79. The third-order valence-corrected chi connectivity index (χ3v) is 4.57. The average molecular weight is 394 g/mol. The number of nitrogens with one attached hydrogen (secondary N) is 1. The van der Waals surface area contributed by atoms with Crippen LogP contribution in [0.25, 0.3) is 22.6 Å². The molecule has 0 saturated carbocycles. The Morgan fingerprint density at radius 2 is 1.71 bits per heavy atom. The summed E-state index contributed by atoms with van der Waals surface area (Å²) in [4.78, 5) is 34.0. The van der Waals surface area contributed by atoms with Gasteiger partial charge in [-0.2, -0.15) is 4.98 Å². The van der Waals surface area contributed by atoms with Crippen LogP contribution in [0.5, 0.6) is 0 Å². The molecule has 0 aliphatic carbocycles. The van der Waals surface area contributed by atoms with E-state index in [0.717, 1.165) is 11.1 Å². The quantitative estimate of drug-likeness (QED) is 0.292. The zero-order chi connectivity index (χ0) is 19.9. The number of hydrogen-bond acceptors (Lipinski definition) is 8. The molecule has 3 rings (SSSR count). The Kier molecular flexibility index (Phi) is 6.27. The van der Waals surface area contributed by atoms with E-state index in [4.69, 9.17) is 5.11 Å². The molecule has 0 radical (unpaired) electrons. The van der Waals surface area contributed by atoms with Crippen LogP contribution in [0.4, 0.5) is 0 Å². The minimum Gasteiger partial charge on any atom is -0.412 e. The Bertz CT molecular complexity index is 1080. The SMILES string of the molecule is Cc1cc2nc3c(=O)[nH]c(=O)nc-3n(CC(O)C(O)C(O)CO)c2cc1C.O. The van der Waals surface area contributed by atoms with Crippen molar-refractivity contribution in [3.8, 4) is 11.5 Å². The van der Waals surface area contributed by atoms with Crippen LogP contribution in [0.2, 0.25) is 0 Å². The zero-order valence-corrected chi connectivity index (χ0v) is 15.2. The van der Waals surface area contributed by atoms with Crippen LogP contribution in [0.3, 0.4) is 0 Å². The Morgan fingerprint density at radius 3 is 2.36 bits per heavy atom. The second-order valence-electron chi connectivity index (χ2n) is 6.50. The van der Waals surface area contributed by atoms with Crippen molar-refractivity contribution in [3.05, 3.63) is 44.1 Å². The topological polar surface area (TPSA) is 193 Å². The molecule has 7 N–H and O–H groups in total. The molecule has 0 fully saturated rings. The van der Waals surface area contributed by atoms with E-state index in [0.29, 0.717) is 11.0 Å². The molecule has 2 heterocycles. The summed E-state index contributed by atoms with van der Waals surface area (Å²) in [5.74, 6) is -0.0516. The van der Waals surface area contributed by atoms with E-state index in [1.807, 2.05) is 13.8 Å². The molecule has 1 aromatic rings. The lowest BCUT2D eigenvalue weighted by Gasteiger charge is -2.25. The lowest BCUT2D eigenvalue weighted by atomic mass is 10.1. The van der Waals surface area contributed by atoms with Crippen molar-refractivity contribution in [3.63, 3.8) is 0 Å². The number of H-pyrrole nitrogens is 1. The summed E-state index contributed by atoms with van der Waals surface area (Å²) in [5.41, 5.74) is 1.11. The van der Waals surface area contributed by atoms with E-state index in [9.17, 15) is 24.9 Å². The maximum absolute atomic E-state index is 12.2. The summed E-state index contributed by atoms with van der Waals surface area (Å²) < 4.78 is 1.40. The van der Waals surface area contributed by atoms with Crippen molar-refractivity contribution in [1.82, 2.24) is 19.5 Å². The fraction of sp³-hybridized carbons (Fsp3) is 0.412. The van der Waals surface area contributed by atoms with Gasteiger partial charge in [0.1, 0.15) is 18.3 Å². The summed E-state index contributed by atoms with van der Waals surface area (Å²) in [5, 5.41) is 38.8. The molecule has 2 aliphatic rings. The maximum atomic E-state index is 12.2. The van der Waals surface area contributed by atoms with Gasteiger partial charge in [-0.25, -0.2) is 9.78 Å². The lowest BCUT2D eigenvalue weighted by molar-refractivity contribution is -0.0802. The number of hydrogen-bond donors (Lipinski definition) is 5. The molecule has 2 aliphatic heterocycles. The molecule has 11 nitrogen and oxygen atoms in total. The van der Waals surface area contributed by atoms with Gasteiger partial charge in [-0.3, -0.25) is 9.78 Å². The van der Waals surface area contributed by atoms with E-state index < -0.39 is 36.2 Å². The number of aromatic nitrogens is 4. The zero-order valence-electron chi connectivity index (χ0n) is 15.2. The van der Waals surface area contributed by atoms with Gasteiger partial charge in [-0.15, -0.1) is 0 Å². The van der Waals surface area contributed by atoms with Crippen molar-refractivity contribution in [2.45, 2.75) is 38.7 Å². The second kappa shape index (κ2) is 8.12. The molecule has 3 atom stereocenters. The summed E-state index contributed by atoms with van der Waals surface area (Å²) in [7, 11) is 0. The third-order valence-electron chi connectivity index (χ3n) is 4.57. The van der Waals surface area contributed by atoms with Crippen molar-refractivity contribution in [2.75, 3.05) is 6.61 Å². The van der Waals surface area contributed by atoms with Gasteiger partial charge in [-0.05, 0) is 37.1 Å². The molecule has 0 bridgehead atoms. The van der Waals surface area contributed by atoms with E-state index in [-0.39, 0.29) is 23.5 Å². The van der Waals surface area contributed by atoms with Crippen LogP contribution < -0.4 is 11.2 Å². The van der Waals surface area contributed by atoms with Gasteiger partial charge in [0.15, 0.2) is 11.5 Å². The van der Waals surface area contributed by atoms with Gasteiger partial charge in [0.05, 0.1) is 24.2 Å². The number of aliphatic hydroxyl groups excluding tert-OH is 4. The van der Waals surface area contributed by atoms with Crippen molar-refractivity contribution in [2.24, 2.45) is 0 Å². The molecular weight excluding hydrogens is 372 g/mol. The molecule has 1 aromatic carbocycles. The minimum absolute atomic E-state index is 0. The number of nitrogens with zero attached hydrogens (tertiary/aromatic N) is 3. The molecular formula is C17H22N4O7. The highest BCUT2D eigenvalue weighted by Crippen LogP contribution is 2.24. The van der Waals surface area contributed by atoms with E-state index in [1.165, 1.54) is 4.57 Å². The van der Waals surface area contributed by atoms with Crippen LogP contribution in [-0.4, -0.2) is 70.3 Å². The molecule has 3 unspecified atom stereocenters. The Labute approximate surface area is 158 Å². The highest BCUT2D eigenvalue weighted by molar-refractivity contribution is 5.81. The van der Waals surface area contributed by atoms with Crippen LogP contribution in [0.15, 0.2) is 21.7 Å². The van der Waals surface area contributed by atoms with Gasteiger partial charge >= 0.3 is 5.69 Å². The first-order chi connectivity index (χ1) is 12.7. The Hall–Kier alpha value is -2.70. The number of aryl methyl sites for hydroxylation is 2. The molecule has 0 spiro atoms. The standard InChI is InChI=1S/C17H20N4O6.H2O/c1-7-3-9-10(4-8(7)2)21(5-11(23)14(25)12(24)6-22)15-13(18-9)16(26)20-17(27)19-15;/h3-4,11-12,14,22-25H,5-6H2,1-2H3,(H,20,26,27);1H2. The van der Waals surface area contributed by atoms with Crippen LogP contribution in [0.1, 0.15) is 11.1 Å². The average Bonchev–Trinajstić information content (AvgIpc) is 2.62. The number of aromatic amines is 1. The van der Waals surface area contributed by atoms with Crippen molar-refractivity contribution >= 4 is 11.0 Å². The summed E-state index contributed by atoms with van der Waals surface area (Å²) in [6.45, 7) is 2.73. The van der Waals surface area contributed by atoms with E-state index >= 15 is 0 Å². The summed E-state index contributed by atoms with van der Waals surface area (Å²) in [6, 6.07) is 3.53. The van der Waals surface area contributed by atoms with Gasteiger partial charge in [0.25, 0.3) is 5.56 Å². The second-order valence-corrected chi connectivity index (χ2v) is 6.50. The molecule has 11 heteroatoms. The summed E-state index contributed by atoms with van der Waals surface area (Å²) in [6.07, 6.45) is -4.68. The normalized spacial score (nSPS) is 14.6. The van der Waals surface area contributed by atoms with Crippen molar-refractivity contribution in [1.29, 1.82) is 0 Å². The van der Waals surface area contributed by atoms with Gasteiger partial charge in [0, 0.05) is 0 Å². The number of rotatable bonds is 5. The fourth-order valence-corrected chi connectivity index (χ4v) is 2.89. The fourth-order valence-electron chi connectivity index (χ4n) is 2.89. The number of benzene rings is 1. The van der Waals surface area contributed by atoms with E-state index in [1.54, 1.807) is 12.1 Å². The lowest BCUT2D eigenvalue weighted by Crippen LogP contribution is -2.42. The summed E-state index contributed by atoms with van der Waals surface area (Å²) >= 11 is 0. The first kappa shape index (κ1) is 21.6. The predicted molar refractivity (Wildman–Crippen MR) is 99.2 cm³/mol. The number of aliphatic hydroxyl groups is 4. The monoisotopic (exact) mass is 394 g/mol. The molecule has 0 saturated heterocycles. The first-order valence-corrected chi connectivity index (χ1v) is 8.29. The smallest absolute Gasteiger partial charge is 0.349 e. The maximum Gasteiger partial charge on any atom is 0.349 e. The highest BCUT2D eigenvalue weighted by Gasteiger charge is 2.27. The molecule has 152 valence electrons. The molecule has 0 amide bonds. The van der Waals surface area contributed by atoms with Crippen LogP contribution in [-0.2, 0) is 6.54 Å². The van der Waals surface area contributed by atoms with E-state index in [2.05, 4.69) is 15.0 Å². The van der Waals surface area contributed by atoms with Crippen LogP contribution >= 0.6 is 0 Å². The molecule has 0 aromatic heterocycles. The number of fused-ring (bicyclic) bond motifs is 2. The largest absolute Gasteiger partial charge is 0.412 e. The Morgan fingerprint density at radius 1 is 1.07 bits per heavy atom. The van der Waals surface area contributed by atoms with Crippen molar-refractivity contribution < 1.29 is 25.9 Å². The van der Waals surface area contributed by atoms with Gasteiger partial charge in [-0.1, -0.05) is 0 Å². The Balaban J connectivity index is 0.00000280. The van der Waals surface area contributed by atoms with Gasteiger partial charge < -0.3 is 30.5 Å².